The first-order chi connectivity index (χ1) is 8.75. The Morgan fingerprint density at radius 3 is 2.94 bits per heavy atom. The van der Waals surface area contributed by atoms with Crippen LogP contribution in [0.1, 0.15) is 0 Å². The van der Waals surface area contributed by atoms with E-state index in [0.717, 1.165) is 0 Å². The fourth-order valence-corrected chi connectivity index (χ4v) is 1.53. The predicted molar refractivity (Wildman–Crippen MR) is 58.9 cm³/mol. The number of nitrogens with zero attached hydrogens (tertiary/aromatic N) is 3. The number of phenolic OH excluding ortho intramolecular Hbond substituents is 1. The molecular weight excluding hydrogens is 239 g/mol. The van der Waals surface area contributed by atoms with Crippen molar-refractivity contribution in [3.05, 3.63) is 36.4 Å². The third kappa shape index (κ3) is 1.61. The van der Waals surface area contributed by atoms with Gasteiger partial charge in [0.05, 0.1) is 0 Å². The molecule has 0 saturated heterocycles. The smallest absolute Gasteiger partial charge is 0.265 e. The van der Waals surface area contributed by atoms with E-state index in [4.69, 9.17) is 4.52 Å². The van der Waals surface area contributed by atoms with Gasteiger partial charge in [0.25, 0.3) is 5.89 Å². The lowest BCUT2D eigenvalue weighted by molar-refractivity contribution is 0.421. The first kappa shape index (κ1) is 10.5. The van der Waals surface area contributed by atoms with E-state index < -0.39 is 5.82 Å². The number of halogens is 1. The number of hydrogen-bond donors (Lipinski definition) is 2. The molecule has 3 rings (SSSR count). The number of aromatic nitrogens is 4. The van der Waals surface area contributed by atoms with E-state index in [2.05, 4.69) is 20.1 Å². The predicted octanol–water partition coefficient (Wildman–Crippen LogP) is 1.97. The lowest BCUT2D eigenvalue weighted by Crippen LogP contribution is -1.86. The molecule has 6 nitrogen and oxygen atoms in total. The SMILES string of the molecule is Oc1cccc(F)c1-c1nc(-c2ncc[nH]2)no1. The van der Waals surface area contributed by atoms with Crippen molar-refractivity contribution in [2.45, 2.75) is 0 Å². The van der Waals surface area contributed by atoms with Crippen molar-refractivity contribution < 1.29 is 14.0 Å². The number of phenols is 1. The van der Waals surface area contributed by atoms with Crippen LogP contribution in [0.25, 0.3) is 23.1 Å². The molecule has 18 heavy (non-hydrogen) atoms. The topological polar surface area (TPSA) is 87.8 Å². The summed E-state index contributed by atoms with van der Waals surface area (Å²) in [5.74, 6) is -0.398. The Balaban J connectivity index is 2.09. The first-order valence-corrected chi connectivity index (χ1v) is 5.07. The molecule has 2 aromatic heterocycles. The van der Waals surface area contributed by atoms with Gasteiger partial charge in [-0.3, -0.25) is 0 Å². The fourth-order valence-electron chi connectivity index (χ4n) is 1.53. The highest BCUT2D eigenvalue weighted by molar-refractivity contribution is 5.64. The molecule has 0 unspecified atom stereocenters. The van der Waals surface area contributed by atoms with E-state index in [0.29, 0.717) is 5.82 Å². The molecule has 0 aliphatic heterocycles. The fraction of sp³-hybridized carbons (Fsp3) is 0. The molecule has 0 saturated carbocycles. The van der Waals surface area contributed by atoms with Gasteiger partial charge >= 0.3 is 0 Å². The van der Waals surface area contributed by atoms with Gasteiger partial charge < -0.3 is 14.6 Å². The van der Waals surface area contributed by atoms with Crippen LogP contribution >= 0.6 is 0 Å². The van der Waals surface area contributed by atoms with E-state index in [1.807, 2.05) is 0 Å². The number of imidazole rings is 1. The third-order valence-corrected chi connectivity index (χ3v) is 2.34. The maximum absolute atomic E-state index is 13.6. The van der Waals surface area contributed by atoms with Gasteiger partial charge in [-0.2, -0.15) is 4.98 Å². The van der Waals surface area contributed by atoms with Crippen molar-refractivity contribution in [2.75, 3.05) is 0 Å². The molecule has 0 fully saturated rings. The summed E-state index contributed by atoms with van der Waals surface area (Å²) in [6.07, 6.45) is 3.14. The first-order valence-electron chi connectivity index (χ1n) is 5.07. The van der Waals surface area contributed by atoms with Gasteiger partial charge in [0.1, 0.15) is 17.1 Å². The average Bonchev–Trinajstić information content (AvgIpc) is 2.99. The largest absolute Gasteiger partial charge is 0.507 e. The second kappa shape index (κ2) is 3.95. The number of nitrogens with one attached hydrogen (secondary N) is 1. The Morgan fingerprint density at radius 1 is 1.33 bits per heavy atom. The zero-order chi connectivity index (χ0) is 12.5. The van der Waals surface area contributed by atoms with Crippen molar-refractivity contribution in [1.82, 2.24) is 20.1 Å². The van der Waals surface area contributed by atoms with Crippen LogP contribution in [0.2, 0.25) is 0 Å². The van der Waals surface area contributed by atoms with Crippen LogP contribution < -0.4 is 0 Å². The van der Waals surface area contributed by atoms with E-state index in [1.165, 1.54) is 24.4 Å². The third-order valence-electron chi connectivity index (χ3n) is 2.34. The van der Waals surface area contributed by atoms with Crippen LogP contribution in [0.3, 0.4) is 0 Å². The van der Waals surface area contributed by atoms with Crippen LogP contribution in [-0.4, -0.2) is 25.2 Å². The lowest BCUT2D eigenvalue weighted by atomic mass is 10.2. The zero-order valence-electron chi connectivity index (χ0n) is 8.96. The second-order valence-electron chi connectivity index (χ2n) is 3.49. The molecule has 1 aromatic carbocycles. The molecular formula is C11H7FN4O2. The molecule has 0 spiro atoms. The Morgan fingerprint density at radius 2 is 2.22 bits per heavy atom. The van der Waals surface area contributed by atoms with Crippen molar-refractivity contribution in [1.29, 1.82) is 0 Å². The molecule has 7 heteroatoms. The number of rotatable bonds is 2. The maximum Gasteiger partial charge on any atom is 0.265 e. The van der Waals surface area contributed by atoms with E-state index >= 15 is 0 Å². The Kier molecular flexibility index (Phi) is 2.30. The van der Waals surface area contributed by atoms with Gasteiger partial charge in [0.15, 0.2) is 5.82 Å². The molecule has 0 amide bonds. The average molecular weight is 246 g/mol. The quantitative estimate of drug-likeness (QED) is 0.721. The summed E-state index contributed by atoms with van der Waals surface area (Å²) < 4.78 is 18.5. The highest BCUT2D eigenvalue weighted by atomic mass is 19.1. The normalized spacial score (nSPS) is 10.7. The number of hydrogen-bond acceptors (Lipinski definition) is 5. The van der Waals surface area contributed by atoms with E-state index in [9.17, 15) is 9.50 Å². The number of benzene rings is 1. The van der Waals surface area contributed by atoms with Gasteiger partial charge in [-0.15, -0.1) is 0 Å². The lowest BCUT2D eigenvalue weighted by Gasteiger charge is -1.99. The van der Waals surface area contributed by atoms with Crippen molar-refractivity contribution >= 4 is 0 Å². The molecule has 2 heterocycles. The zero-order valence-corrected chi connectivity index (χ0v) is 8.96. The number of aromatic amines is 1. The Hall–Kier alpha value is -2.70. The summed E-state index contributed by atoms with van der Waals surface area (Å²) in [6.45, 7) is 0. The minimum atomic E-state index is -0.635. The highest BCUT2D eigenvalue weighted by Crippen LogP contribution is 2.31. The summed E-state index contributed by atoms with van der Waals surface area (Å²) in [4.78, 5) is 10.7. The summed E-state index contributed by atoms with van der Waals surface area (Å²) in [5, 5.41) is 13.3. The molecule has 2 N–H and O–H groups in total. The molecule has 0 radical (unpaired) electrons. The Labute approximate surface area is 100 Å². The summed E-state index contributed by atoms with van der Waals surface area (Å²) in [7, 11) is 0. The highest BCUT2D eigenvalue weighted by Gasteiger charge is 2.18. The minimum absolute atomic E-state index is 0.1000. The molecule has 0 atom stereocenters. The second-order valence-corrected chi connectivity index (χ2v) is 3.49. The van der Waals surface area contributed by atoms with Gasteiger partial charge in [0.2, 0.25) is 5.82 Å². The van der Waals surface area contributed by atoms with Crippen molar-refractivity contribution in [2.24, 2.45) is 0 Å². The Bertz CT molecular complexity index is 658. The molecule has 0 bridgehead atoms. The van der Waals surface area contributed by atoms with Crippen molar-refractivity contribution in [3.63, 3.8) is 0 Å². The molecule has 0 aliphatic rings. The molecule has 3 aromatic rings. The monoisotopic (exact) mass is 246 g/mol. The van der Waals surface area contributed by atoms with Gasteiger partial charge in [-0.05, 0) is 12.1 Å². The standard InChI is InChI=1S/C11H7FN4O2/c12-6-2-1-3-7(17)8(6)11-15-10(16-18-11)9-13-4-5-14-9/h1-5,17H,(H,13,14). The van der Waals surface area contributed by atoms with Gasteiger partial charge in [-0.1, -0.05) is 11.2 Å². The van der Waals surface area contributed by atoms with Crippen LogP contribution in [0.5, 0.6) is 5.75 Å². The summed E-state index contributed by atoms with van der Waals surface area (Å²) in [6, 6.07) is 3.93. The summed E-state index contributed by atoms with van der Waals surface area (Å²) in [5.41, 5.74) is -0.122. The number of aromatic hydroxyl groups is 1. The van der Waals surface area contributed by atoms with Crippen LogP contribution in [0.15, 0.2) is 35.1 Å². The van der Waals surface area contributed by atoms with Gasteiger partial charge in [-0.25, -0.2) is 9.37 Å². The molecule has 90 valence electrons. The van der Waals surface area contributed by atoms with Crippen molar-refractivity contribution in [3.8, 4) is 28.9 Å². The minimum Gasteiger partial charge on any atom is -0.507 e. The summed E-state index contributed by atoms with van der Waals surface area (Å²) >= 11 is 0. The maximum atomic E-state index is 13.6. The van der Waals surface area contributed by atoms with Crippen LogP contribution in [0, 0.1) is 5.82 Å². The number of H-pyrrole nitrogens is 1. The molecule has 0 aliphatic carbocycles. The van der Waals surface area contributed by atoms with Crippen LogP contribution in [-0.2, 0) is 0 Å². The van der Waals surface area contributed by atoms with Crippen LogP contribution in [0.4, 0.5) is 4.39 Å². The van der Waals surface area contributed by atoms with E-state index in [-0.39, 0.29) is 23.0 Å². The van der Waals surface area contributed by atoms with Gasteiger partial charge in [0, 0.05) is 12.4 Å². The van der Waals surface area contributed by atoms with E-state index in [1.54, 1.807) is 6.20 Å².